The van der Waals surface area contributed by atoms with E-state index in [0.717, 1.165) is 6.42 Å². The summed E-state index contributed by atoms with van der Waals surface area (Å²) in [5.41, 5.74) is 5.99. The van der Waals surface area contributed by atoms with Crippen LogP contribution in [0.4, 0.5) is 0 Å². The molecule has 2 aliphatic heterocycles. The standard InChI is InChI=1S/C14H28N4O4S/c1-3-12(2)13(15)14(19)16-4-6-17(7-5-16)23(20,21)18-8-10-22-11-9-18/h12-13H,3-11,15H2,1-2H3. The Morgan fingerprint density at radius 1 is 1.09 bits per heavy atom. The average Bonchev–Trinajstić information content (AvgIpc) is 2.60. The lowest BCUT2D eigenvalue weighted by Crippen LogP contribution is -2.58. The number of morpholine rings is 1. The van der Waals surface area contributed by atoms with Gasteiger partial charge in [-0.1, -0.05) is 20.3 Å². The molecule has 0 aromatic heterocycles. The van der Waals surface area contributed by atoms with Crippen LogP contribution in [0.25, 0.3) is 0 Å². The molecule has 0 aromatic carbocycles. The molecule has 8 nitrogen and oxygen atoms in total. The predicted molar refractivity (Wildman–Crippen MR) is 86.9 cm³/mol. The lowest BCUT2D eigenvalue weighted by Gasteiger charge is -2.38. The van der Waals surface area contributed by atoms with Gasteiger partial charge in [-0.05, 0) is 5.92 Å². The zero-order valence-corrected chi connectivity index (χ0v) is 14.8. The Bertz CT molecular complexity index is 499. The molecule has 2 saturated heterocycles. The van der Waals surface area contributed by atoms with Gasteiger partial charge in [-0.15, -0.1) is 0 Å². The van der Waals surface area contributed by atoms with Crippen molar-refractivity contribution in [3.05, 3.63) is 0 Å². The first-order valence-corrected chi connectivity index (χ1v) is 9.65. The Kier molecular flexibility index (Phi) is 6.38. The molecular formula is C14H28N4O4S. The zero-order chi connectivity index (χ0) is 17.0. The minimum atomic E-state index is -3.46. The minimum absolute atomic E-state index is 0.0808. The van der Waals surface area contributed by atoms with E-state index >= 15 is 0 Å². The van der Waals surface area contributed by atoms with Gasteiger partial charge < -0.3 is 15.4 Å². The second-order valence-electron chi connectivity index (χ2n) is 6.15. The van der Waals surface area contributed by atoms with Crippen molar-refractivity contribution < 1.29 is 17.9 Å². The van der Waals surface area contributed by atoms with E-state index in [1.54, 1.807) is 4.90 Å². The molecule has 9 heteroatoms. The number of ether oxygens (including phenoxy) is 1. The first-order chi connectivity index (χ1) is 10.9. The molecular weight excluding hydrogens is 320 g/mol. The molecule has 2 heterocycles. The van der Waals surface area contributed by atoms with Crippen molar-refractivity contribution in [3.8, 4) is 0 Å². The lowest BCUT2D eigenvalue weighted by molar-refractivity contribution is -0.135. The summed E-state index contributed by atoms with van der Waals surface area (Å²) in [7, 11) is -3.46. The number of rotatable bonds is 5. The number of amides is 1. The molecule has 0 bridgehead atoms. The molecule has 0 radical (unpaired) electrons. The number of carbonyl (C=O) groups excluding carboxylic acids is 1. The largest absolute Gasteiger partial charge is 0.379 e. The quantitative estimate of drug-likeness (QED) is 0.693. The Morgan fingerprint density at radius 3 is 2.13 bits per heavy atom. The molecule has 2 aliphatic rings. The van der Waals surface area contributed by atoms with Crippen LogP contribution in [0.2, 0.25) is 0 Å². The zero-order valence-electron chi connectivity index (χ0n) is 14.0. The van der Waals surface area contributed by atoms with Gasteiger partial charge in [-0.25, -0.2) is 0 Å². The summed E-state index contributed by atoms with van der Waals surface area (Å²) in [6, 6.07) is -0.512. The van der Waals surface area contributed by atoms with Gasteiger partial charge in [0.1, 0.15) is 0 Å². The fraction of sp³-hybridized carbons (Fsp3) is 0.929. The van der Waals surface area contributed by atoms with Crippen LogP contribution < -0.4 is 5.73 Å². The van der Waals surface area contributed by atoms with Crippen LogP contribution in [-0.2, 0) is 19.7 Å². The van der Waals surface area contributed by atoms with Crippen molar-refractivity contribution in [1.29, 1.82) is 0 Å². The molecule has 2 unspecified atom stereocenters. The maximum atomic E-state index is 12.6. The van der Waals surface area contributed by atoms with Crippen LogP contribution in [0.1, 0.15) is 20.3 Å². The second-order valence-corrected chi connectivity index (χ2v) is 8.08. The van der Waals surface area contributed by atoms with E-state index in [-0.39, 0.29) is 11.8 Å². The number of nitrogens with two attached hydrogens (primary N) is 1. The van der Waals surface area contributed by atoms with Crippen molar-refractivity contribution in [2.75, 3.05) is 52.5 Å². The minimum Gasteiger partial charge on any atom is -0.379 e. The van der Waals surface area contributed by atoms with Crippen LogP contribution in [0, 0.1) is 5.92 Å². The van der Waals surface area contributed by atoms with E-state index in [1.807, 2.05) is 13.8 Å². The number of piperazine rings is 1. The van der Waals surface area contributed by atoms with Gasteiger partial charge in [0.05, 0.1) is 19.3 Å². The monoisotopic (exact) mass is 348 g/mol. The van der Waals surface area contributed by atoms with Gasteiger partial charge in [0.2, 0.25) is 5.91 Å². The summed E-state index contributed by atoms with van der Waals surface area (Å²) < 4.78 is 33.3. The van der Waals surface area contributed by atoms with Crippen molar-refractivity contribution >= 4 is 16.1 Å². The van der Waals surface area contributed by atoms with E-state index in [4.69, 9.17) is 10.5 Å². The Hall–Kier alpha value is -0.740. The summed E-state index contributed by atoms with van der Waals surface area (Å²) >= 11 is 0. The highest BCUT2D eigenvalue weighted by Crippen LogP contribution is 2.16. The molecule has 0 aliphatic carbocycles. The Labute approximate surface area is 138 Å². The molecule has 2 atom stereocenters. The van der Waals surface area contributed by atoms with Crippen LogP contribution >= 0.6 is 0 Å². The fourth-order valence-corrected chi connectivity index (χ4v) is 4.35. The summed E-state index contributed by atoms with van der Waals surface area (Å²) in [6.07, 6.45) is 0.846. The molecule has 0 spiro atoms. The van der Waals surface area contributed by atoms with Gasteiger partial charge in [0, 0.05) is 39.3 Å². The highest BCUT2D eigenvalue weighted by molar-refractivity contribution is 7.86. The van der Waals surface area contributed by atoms with Crippen LogP contribution in [0.15, 0.2) is 0 Å². The van der Waals surface area contributed by atoms with Gasteiger partial charge in [0.15, 0.2) is 0 Å². The molecule has 134 valence electrons. The fourth-order valence-electron chi connectivity index (χ4n) is 2.79. The van der Waals surface area contributed by atoms with E-state index in [1.165, 1.54) is 8.61 Å². The summed E-state index contributed by atoms with van der Waals surface area (Å²) in [4.78, 5) is 14.0. The smallest absolute Gasteiger partial charge is 0.282 e. The van der Waals surface area contributed by atoms with Gasteiger partial charge >= 0.3 is 0 Å². The second kappa shape index (κ2) is 7.89. The van der Waals surface area contributed by atoms with Gasteiger partial charge in [-0.2, -0.15) is 17.0 Å². The van der Waals surface area contributed by atoms with Crippen molar-refractivity contribution in [3.63, 3.8) is 0 Å². The molecule has 2 fully saturated rings. The maximum absolute atomic E-state index is 12.6. The molecule has 23 heavy (non-hydrogen) atoms. The highest BCUT2D eigenvalue weighted by Gasteiger charge is 2.35. The van der Waals surface area contributed by atoms with E-state index in [0.29, 0.717) is 52.5 Å². The number of hydrogen-bond donors (Lipinski definition) is 1. The van der Waals surface area contributed by atoms with Crippen molar-refractivity contribution in [2.45, 2.75) is 26.3 Å². The Balaban J connectivity index is 1.91. The third-order valence-electron chi connectivity index (χ3n) is 4.72. The van der Waals surface area contributed by atoms with E-state index in [2.05, 4.69) is 0 Å². The summed E-state index contributed by atoms with van der Waals surface area (Å²) in [5, 5.41) is 0. The van der Waals surface area contributed by atoms with Crippen LogP contribution in [0.5, 0.6) is 0 Å². The van der Waals surface area contributed by atoms with E-state index < -0.39 is 16.3 Å². The number of carbonyl (C=O) groups is 1. The van der Waals surface area contributed by atoms with Gasteiger partial charge in [-0.3, -0.25) is 4.79 Å². The normalized spacial score (nSPS) is 24.4. The molecule has 0 saturated carbocycles. The van der Waals surface area contributed by atoms with Gasteiger partial charge in [0.25, 0.3) is 10.2 Å². The predicted octanol–water partition coefficient (Wildman–Crippen LogP) is -0.919. The first-order valence-electron chi connectivity index (χ1n) is 8.25. The first kappa shape index (κ1) is 18.6. The average molecular weight is 348 g/mol. The van der Waals surface area contributed by atoms with Crippen LogP contribution in [-0.4, -0.2) is 86.4 Å². The van der Waals surface area contributed by atoms with E-state index in [9.17, 15) is 13.2 Å². The third kappa shape index (κ3) is 4.21. The number of nitrogens with zero attached hydrogens (tertiary/aromatic N) is 3. The van der Waals surface area contributed by atoms with Crippen molar-refractivity contribution in [1.82, 2.24) is 13.5 Å². The topological polar surface area (TPSA) is 96.2 Å². The Morgan fingerprint density at radius 2 is 1.61 bits per heavy atom. The molecule has 2 N–H and O–H groups in total. The summed E-state index contributed by atoms with van der Waals surface area (Å²) in [5.74, 6) is 0.0420. The van der Waals surface area contributed by atoms with Crippen molar-refractivity contribution in [2.24, 2.45) is 11.7 Å². The SMILES string of the molecule is CCC(C)C(N)C(=O)N1CCN(S(=O)(=O)N2CCOCC2)CC1. The highest BCUT2D eigenvalue weighted by atomic mass is 32.2. The maximum Gasteiger partial charge on any atom is 0.282 e. The number of hydrogen-bond acceptors (Lipinski definition) is 5. The van der Waals surface area contributed by atoms with Crippen LogP contribution in [0.3, 0.4) is 0 Å². The molecule has 1 amide bonds. The molecule has 2 rings (SSSR count). The molecule has 0 aromatic rings. The lowest BCUT2D eigenvalue weighted by atomic mass is 9.99. The summed E-state index contributed by atoms with van der Waals surface area (Å²) in [6.45, 7) is 7.03. The third-order valence-corrected chi connectivity index (χ3v) is 6.75.